The minimum atomic E-state index is -0.205. The largest absolute Gasteiger partial charge is 0.466 e. The van der Waals surface area contributed by atoms with Gasteiger partial charge in [-0.25, -0.2) is 5.10 Å². The van der Waals surface area contributed by atoms with Crippen molar-refractivity contribution in [1.29, 1.82) is 0 Å². The molecule has 1 heterocycles. The van der Waals surface area contributed by atoms with Crippen molar-refractivity contribution < 1.29 is 9.53 Å². The molecular formula is C5H8N4O2. The average Bonchev–Trinajstić information content (AvgIpc) is 2.34. The van der Waals surface area contributed by atoms with E-state index in [2.05, 4.69) is 25.2 Å². The third kappa shape index (κ3) is 1.92. The van der Waals surface area contributed by atoms with Crippen molar-refractivity contribution in [2.24, 2.45) is 0 Å². The fraction of sp³-hybridized carbons (Fsp3) is 0.400. The molecule has 0 aliphatic rings. The standard InChI is InChI=1S/C5H8N4O2/c1-3(10)6-4-7-5(11-2)9-8-4/h1-2H3,(H2,6,7,8,9,10). The molecule has 0 spiro atoms. The Kier molecular flexibility index (Phi) is 2.05. The third-order valence-electron chi connectivity index (χ3n) is 0.942. The lowest BCUT2D eigenvalue weighted by molar-refractivity contribution is -0.114. The first-order valence-corrected chi connectivity index (χ1v) is 2.96. The van der Waals surface area contributed by atoms with Crippen LogP contribution in [0.15, 0.2) is 0 Å². The molecule has 0 fully saturated rings. The highest BCUT2D eigenvalue weighted by molar-refractivity contribution is 5.86. The molecule has 0 unspecified atom stereocenters. The van der Waals surface area contributed by atoms with Crippen LogP contribution in [-0.2, 0) is 4.79 Å². The van der Waals surface area contributed by atoms with Gasteiger partial charge in [-0.3, -0.25) is 10.1 Å². The first kappa shape index (κ1) is 7.52. The Morgan fingerprint density at radius 2 is 2.45 bits per heavy atom. The summed E-state index contributed by atoms with van der Waals surface area (Å²) < 4.78 is 4.67. The molecular weight excluding hydrogens is 148 g/mol. The van der Waals surface area contributed by atoms with Crippen molar-refractivity contribution in [2.45, 2.75) is 6.92 Å². The van der Waals surface area contributed by atoms with Crippen molar-refractivity contribution in [3.05, 3.63) is 0 Å². The number of nitrogens with zero attached hydrogens (tertiary/aromatic N) is 2. The van der Waals surface area contributed by atoms with Gasteiger partial charge in [0.2, 0.25) is 11.9 Å². The number of amides is 1. The van der Waals surface area contributed by atoms with E-state index in [4.69, 9.17) is 0 Å². The normalized spacial score (nSPS) is 9.27. The molecule has 0 aliphatic carbocycles. The SMILES string of the molecule is COc1n[nH]c(NC(C)=O)n1. The Bertz CT molecular complexity index is 257. The first-order valence-electron chi connectivity index (χ1n) is 2.96. The summed E-state index contributed by atoms with van der Waals surface area (Å²) in [6, 6.07) is 0.203. The van der Waals surface area contributed by atoms with Crippen LogP contribution in [0, 0.1) is 0 Å². The van der Waals surface area contributed by atoms with Crippen LogP contribution >= 0.6 is 0 Å². The summed E-state index contributed by atoms with van der Waals surface area (Å²) in [5, 5.41) is 8.50. The Morgan fingerprint density at radius 3 is 2.91 bits per heavy atom. The van der Waals surface area contributed by atoms with E-state index in [0.717, 1.165) is 0 Å². The second-order valence-electron chi connectivity index (χ2n) is 1.85. The van der Waals surface area contributed by atoms with Gasteiger partial charge in [-0.05, 0) is 0 Å². The second-order valence-corrected chi connectivity index (χ2v) is 1.85. The molecule has 1 aromatic heterocycles. The van der Waals surface area contributed by atoms with E-state index < -0.39 is 0 Å². The van der Waals surface area contributed by atoms with Crippen LogP contribution in [0.2, 0.25) is 0 Å². The lowest BCUT2D eigenvalue weighted by atomic mass is 10.7. The van der Waals surface area contributed by atoms with Gasteiger partial charge in [0.25, 0.3) is 0 Å². The maximum Gasteiger partial charge on any atom is 0.336 e. The number of nitrogens with one attached hydrogen (secondary N) is 2. The molecule has 0 saturated heterocycles. The highest BCUT2D eigenvalue weighted by Crippen LogP contribution is 2.03. The number of anilines is 1. The zero-order valence-electron chi connectivity index (χ0n) is 6.21. The predicted octanol–water partition coefficient (Wildman–Crippen LogP) is -0.228. The van der Waals surface area contributed by atoms with Crippen molar-refractivity contribution in [3.63, 3.8) is 0 Å². The van der Waals surface area contributed by atoms with Gasteiger partial charge >= 0.3 is 6.01 Å². The van der Waals surface area contributed by atoms with E-state index in [1.165, 1.54) is 14.0 Å². The number of carbonyl (C=O) groups excluding carboxylic acids is 1. The quantitative estimate of drug-likeness (QED) is 0.619. The Hall–Kier alpha value is -1.59. The molecule has 0 saturated carbocycles. The summed E-state index contributed by atoms with van der Waals surface area (Å²) in [5.74, 6) is 0.0816. The number of H-pyrrole nitrogens is 1. The van der Waals surface area contributed by atoms with Gasteiger partial charge in [-0.2, -0.15) is 4.98 Å². The van der Waals surface area contributed by atoms with Gasteiger partial charge < -0.3 is 4.74 Å². The van der Waals surface area contributed by atoms with E-state index in [1.807, 2.05) is 0 Å². The molecule has 0 aliphatic heterocycles. The van der Waals surface area contributed by atoms with E-state index in [9.17, 15) is 4.79 Å². The van der Waals surface area contributed by atoms with Crippen LogP contribution in [0.5, 0.6) is 6.01 Å². The summed E-state index contributed by atoms with van der Waals surface area (Å²) >= 11 is 0. The Morgan fingerprint density at radius 1 is 1.73 bits per heavy atom. The molecule has 6 heteroatoms. The smallest absolute Gasteiger partial charge is 0.336 e. The zero-order valence-corrected chi connectivity index (χ0v) is 6.21. The molecule has 11 heavy (non-hydrogen) atoms. The molecule has 0 atom stereocenters. The van der Waals surface area contributed by atoms with Crippen LogP contribution in [-0.4, -0.2) is 28.2 Å². The maximum absolute atomic E-state index is 10.5. The number of hydrogen-bond acceptors (Lipinski definition) is 4. The molecule has 1 rings (SSSR count). The van der Waals surface area contributed by atoms with Gasteiger partial charge in [0, 0.05) is 6.92 Å². The van der Waals surface area contributed by atoms with Gasteiger partial charge in [-0.1, -0.05) is 0 Å². The summed E-state index contributed by atoms with van der Waals surface area (Å²) in [6.07, 6.45) is 0. The predicted molar refractivity (Wildman–Crippen MR) is 37.2 cm³/mol. The van der Waals surface area contributed by atoms with E-state index in [0.29, 0.717) is 0 Å². The van der Waals surface area contributed by atoms with Crippen molar-refractivity contribution in [2.75, 3.05) is 12.4 Å². The number of hydrogen-bond donors (Lipinski definition) is 2. The third-order valence-corrected chi connectivity index (χ3v) is 0.942. The van der Waals surface area contributed by atoms with Crippen LogP contribution in [0.1, 0.15) is 6.92 Å². The lowest BCUT2D eigenvalue weighted by Crippen LogP contribution is -2.06. The van der Waals surface area contributed by atoms with Gasteiger partial charge in [0.05, 0.1) is 7.11 Å². The number of methoxy groups -OCH3 is 1. The molecule has 6 nitrogen and oxygen atoms in total. The zero-order chi connectivity index (χ0) is 8.27. The van der Waals surface area contributed by atoms with E-state index in [-0.39, 0.29) is 17.9 Å². The van der Waals surface area contributed by atoms with E-state index >= 15 is 0 Å². The lowest BCUT2D eigenvalue weighted by Gasteiger charge is -1.91. The monoisotopic (exact) mass is 156 g/mol. The Labute approximate surface area is 63.0 Å². The highest BCUT2D eigenvalue weighted by atomic mass is 16.5. The number of aromatic amines is 1. The first-order chi connectivity index (χ1) is 5.22. The fourth-order valence-corrected chi connectivity index (χ4v) is 0.560. The van der Waals surface area contributed by atoms with Crippen LogP contribution in [0.4, 0.5) is 5.95 Å². The molecule has 2 N–H and O–H groups in total. The van der Waals surface area contributed by atoms with Gasteiger partial charge in [0.15, 0.2) is 0 Å². The molecule has 60 valence electrons. The van der Waals surface area contributed by atoms with E-state index in [1.54, 1.807) is 0 Å². The number of aromatic nitrogens is 3. The van der Waals surface area contributed by atoms with Crippen molar-refractivity contribution in [3.8, 4) is 6.01 Å². The molecule has 0 bridgehead atoms. The van der Waals surface area contributed by atoms with Crippen molar-refractivity contribution >= 4 is 11.9 Å². The summed E-state index contributed by atoms with van der Waals surface area (Å²) in [6.45, 7) is 1.38. The van der Waals surface area contributed by atoms with Crippen LogP contribution in [0.25, 0.3) is 0 Å². The molecule has 1 amide bonds. The Balaban J connectivity index is 2.65. The highest BCUT2D eigenvalue weighted by Gasteiger charge is 2.01. The van der Waals surface area contributed by atoms with Crippen LogP contribution < -0.4 is 10.1 Å². The summed E-state index contributed by atoms with van der Waals surface area (Å²) in [5.41, 5.74) is 0. The number of carbonyl (C=O) groups is 1. The molecule has 1 aromatic rings. The average molecular weight is 156 g/mol. The summed E-state index contributed by atoms with van der Waals surface area (Å²) in [4.78, 5) is 14.2. The molecule has 0 aromatic carbocycles. The molecule has 0 radical (unpaired) electrons. The minimum Gasteiger partial charge on any atom is -0.466 e. The summed E-state index contributed by atoms with van der Waals surface area (Å²) in [7, 11) is 1.45. The number of rotatable bonds is 2. The number of ether oxygens (including phenoxy) is 1. The van der Waals surface area contributed by atoms with Gasteiger partial charge in [-0.15, -0.1) is 5.10 Å². The van der Waals surface area contributed by atoms with Gasteiger partial charge in [0.1, 0.15) is 0 Å². The minimum absolute atomic E-state index is 0.203. The van der Waals surface area contributed by atoms with Crippen LogP contribution in [0.3, 0.4) is 0 Å². The maximum atomic E-state index is 10.5. The fourth-order valence-electron chi connectivity index (χ4n) is 0.560. The van der Waals surface area contributed by atoms with Crippen molar-refractivity contribution in [1.82, 2.24) is 15.2 Å². The topological polar surface area (TPSA) is 79.9 Å². The second kappa shape index (κ2) is 3.00.